The van der Waals surface area contributed by atoms with Crippen LogP contribution in [-0.2, 0) is 5.60 Å². The molecule has 27 heavy (non-hydrogen) atoms. The van der Waals surface area contributed by atoms with Crippen molar-refractivity contribution in [3.8, 4) is 5.75 Å². The SMILES string of the molecule is C=CCC(O)(c1ccc(OC)cc1)C(CN1CCCC1)c1ccccc1.Cl. The topological polar surface area (TPSA) is 32.7 Å². The van der Waals surface area contributed by atoms with Crippen LogP contribution in [0.3, 0.4) is 0 Å². The quantitative estimate of drug-likeness (QED) is 0.663. The van der Waals surface area contributed by atoms with Gasteiger partial charge < -0.3 is 14.7 Å². The Kier molecular flexibility index (Phi) is 7.91. The summed E-state index contributed by atoms with van der Waals surface area (Å²) in [7, 11) is 1.66. The minimum absolute atomic E-state index is 0. The summed E-state index contributed by atoms with van der Waals surface area (Å²) < 4.78 is 5.28. The molecule has 0 saturated carbocycles. The molecule has 1 aliphatic heterocycles. The van der Waals surface area contributed by atoms with E-state index in [2.05, 4.69) is 35.7 Å². The largest absolute Gasteiger partial charge is 0.497 e. The van der Waals surface area contributed by atoms with E-state index in [-0.39, 0.29) is 18.3 Å². The van der Waals surface area contributed by atoms with E-state index in [4.69, 9.17) is 4.74 Å². The highest BCUT2D eigenvalue weighted by Gasteiger charge is 2.39. The van der Waals surface area contributed by atoms with Gasteiger partial charge in [0.25, 0.3) is 0 Å². The number of likely N-dealkylation sites (tertiary alicyclic amines) is 1. The molecule has 0 spiro atoms. The van der Waals surface area contributed by atoms with E-state index in [0.29, 0.717) is 6.42 Å². The molecule has 1 aliphatic rings. The molecule has 2 unspecified atom stereocenters. The lowest BCUT2D eigenvalue weighted by Gasteiger charge is -2.39. The maximum Gasteiger partial charge on any atom is 0.118 e. The number of ether oxygens (including phenoxy) is 1. The molecule has 0 amide bonds. The molecule has 0 radical (unpaired) electrons. The Labute approximate surface area is 169 Å². The third-order valence-corrected chi connectivity index (χ3v) is 5.46. The fourth-order valence-corrected chi connectivity index (χ4v) is 4.00. The zero-order valence-electron chi connectivity index (χ0n) is 16.0. The van der Waals surface area contributed by atoms with E-state index in [1.165, 1.54) is 18.4 Å². The molecule has 0 bridgehead atoms. The number of rotatable bonds is 8. The van der Waals surface area contributed by atoms with Crippen LogP contribution < -0.4 is 4.74 Å². The minimum atomic E-state index is -1.00. The van der Waals surface area contributed by atoms with Crippen LogP contribution in [0.5, 0.6) is 5.75 Å². The van der Waals surface area contributed by atoms with Gasteiger partial charge in [0.2, 0.25) is 0 Å². The number of nitrogens with zero attached hydrogens (tertiary/aromatic N) is 1. The molecule has 1 heterocycles. The van der Waals surface area contributed by atoms with Crippen LogP contribution in [0.1, 0.15) is 36.3 Å². The summed E-state index contributed by atoms with van der Waals surface area (Å²) in [5, 5.41) is 11.9. The van der Waals surface area contributed by atoms with Crippen LogP contribution >= 0.6 is 12.4 Å². The number of aliphatic hydroxyl groups is 1. The summed E-state index contributed by atoms with van der Waals surface area (Å²) in [4.78, 5) is 2.47. The van der Waals surface area contributed by atoms with Crippen molar-refractivity contribution in [2.75, 3.05) is 26.7 Å². The monoisotopic (exact) mass is 387 g/mol. The first-order valence-electron chi connectivity index (χ1n) is 9.42. The molecule has 3 rings (SSSR count). The number of methoxy groups -OCH3 is 1. The molecule has 2 aromatic rings. The molecule has 1 fully saturated rings. The number of hydrogen-bond acceptors (Lipinski definition) is 3. The molecule has 1 saturated heterocycles. The summed E-state index contributed by atoms with van der Waals surface area (Å²) >= 11 is 0. The number of benzene rings is 2. The van der Waals surface area contributed by atoms with Crippen molar-refractivity contribution in [1.29, 1.82) is 0 Å². The number of hydrogen-bond donors (Lipinski definition) is 1. The van der Waals surface area contributed by atoms with E-state index >= 15 is 0 Å². The van der Waals surface area contributed by atoms with Gasteiger partial charge in [-0.2, -0.15) is 0 Å². The summed E-state index contributed by atoms with van der Waals surface area (Å²) in [5.41, 5.74) is 1.07. The summed E-state index contributed by atoms with van der Waals surface area (Å²) in [6, 6.07) is 18.2. The van der Waals surface area contributed by atoms with Crippen molar-refractivity contribution in [3.63, 3.8) is 0 Å². The Bertz CT molecular complexity index is 698. The first kappa shape index (κ1) is 21.5. The van der Waals surface area contributed by atoms with E-state index in [1.54, 1.807) is 7.11 Å². The molecule has 0 aromatic heterocycles. The second-order valence-corrected chi connectivity index (χ2v) is 7.12. The molecule has 146 valence electrons. The molecule has 1 N–H and O–H groups in total. The van der Waals surface area contributed by atoms with Crippen LogP contribution in [0.2, 0.25) is 0 Å². The fraction of sp³-hybridized carbons (Fsp3) is 0.391. The van der Waals surface area contributed by atoms with Gasteiger partial charge in [-0.15, -0.1) is 19.0 Å². The molecule has 0 aliphatic carbocycles. The van der Waals surface area contributed by atoms with Crippen molar-refractivity contribution < 1.29 is 9.84 Å². The third kappa shape index (κ3) is 4.92. The maximum atomic E-state index is 11.9. The van der Waals surface area contributed by atoms with Gasteiger partial charge in [0.15, 0.2) is 0 Å². The molecule has 3 nitrogen and oxygen atoms in total. The Morgan fingerprint density at radius 2 is 1.74 bits per heavy atom. The van der Waals surface area contributed by atoms with Gasteiger partial charge in [-0.05, 0) is 55.6 Å². The van der Waals surface area contributed by atoms with E-state index in [1.807, 2.05) is 36.4 Å². The van der Waals surface area contributed by atoms with Crippen molar-refractivity contribution in [3.05, 3.63) is 78.4 Å². The molecular weight excluding hydrogens is 358 g/mol. The predicted molar refractivity (Wildman–Crippen MR) is 114 cm³/mol. The van der Waals surface area contributed by atoms with Crippen LogP contribution in [0.25, 0.3) is 0 Å². The second kappa shape index (κ2) is 9.93. The van der Waals surface area contributed by atoms with Gasteiger partial charge >= 0.3 is 0 Å². The zero-order valence-corrected chi connectivity index (χ0v) is 16.8. The number of halogens is 1. The second-order valence-electron chi connectivity index (χ2n) is 7.12. The average Bonchev–Trinajstić information content (AvgIpc) is 3.20. The van der Waals surface area contributed by atoms with Crippen LogP contribution in [0, 0.1) is 0 Å². The van der Waals surface area contributed by atoms with Gasteiger partial charge in [-0.25, -0.2) is 0 Å². The van der Waals surface area contributed by atoms with Crippen LogP contribution in [0.4, 0.5) is 0 Å². The third-order valence-electron chi connectivity index (χ3n) is 5.46. The highest BCUT2D eigenvalue weighted by Crippen LogP contribution is 2.41. The molecule has 2 atom stereocenters. The Balaban J connectivity index is 0.00000261. The molecule has 4 heteroatoms. The van der Waals surface area contributed by atoms with E-state index in [0.717, 1.165) is 30.9 Å². The summed E-state index contributed by atoms with van der Waals surface area (Å²) in [6.07, 6.45) is 4.81. The fourth-order valence-electron chi connectivity index (χ4n) is 4.00. The minimum Gasteiger partial charge on any atom is -0.497 e. The van der Waals surface area contributed by atoms with Gasteiger partial charge in [-0.3, -0.25) is 0 Å². The van der Waals surface area contributed by atoms with Gasteiger partial charge in [0.1, 0.15) is 11.4 Å². The Hall–Kier alpha value is -1.81. The van der Waals surface area contributed by atoms with Gasteiger partial charge in [0.05, 0.1) is 7.11 Å². The van der Waals surface area contributed by atoms with Gasteiger partial charge in [0, 0.05) is 12.5 Å². The van der Waals surface area contributed by atoms with Crippen molar-refractivity contribution in [1.82, 2.24) is 4.90 Å². The van der Waals surface area contributed by atoms with Crippen LogP contribution in [-0.4, -0.2) is 36.8 Å². The highest BCUT2D eigenvalue weighted by atomic mass is 35.5. The van der Waals surface area contributed by atoms with E-state index in [9.17, 15) is 5.11 Å². The lowest BCUT2D eigenvalue weighted by molar-refractivity contribution is -0.000361. The summed E-state index contributed by atoms with van der Waals surface area (Å²) in [5.74, 6) is 0.777. The first-order chi connectivity index (χ1) is 12.7. The highest BCUT2D eigenvalue weighted by molar-refractivity contribution is 5.85. The van der Waals surface area contributed by atoms with Crippen molar-refractivity contribution >= 4 is 12.4 Å². The standard InChI is InChI=1S/C23H29NO2.ClH/c1-3-15-23(25,20-11-13-21(26-2)14-12-20)22(18-24-16-7-8-17-24)19-9-5-4-6-10-19;/h3-6,9-14,22,25H,1,7-8,15-18H2,2H3;1H. The van der Waals surface area contributed by atoms with Crippen molar-refractivity contribution in [2.24, 2.45) is 0 Å². The van der Waals surface area contributed by atoms with Gasteiger partial charge in [-0.1, -0.05) is 48.5 Å². The summed E-state index contributed by atoms with van der Waals surface area (Å²) in [6.45, 7) is 6.98. The lowest BCUT2D eigenvalue weighted by Crippen LogP contribution is -2.40. The zero-order chi connectivity index (χ0) is 18.4. The Morgan fingerprint density at radius 3 is 2.30 bits per heavy atom. The normalized spacial score (nSPS) is 17.6. The van der Waals surface area contributed by atoms with E-state index < -0.39 is 5.60 Å². The van der Waals surface area contributed by atoms with Crippen molar-refractivity contribution in [2.45, 2.75) is 30.8 Å². The first-order valence-corrected chi connectivity index (χ1v) is 9.42. The average molecular weight is 388 g/mol. The molecule has 2 aromatic carbocycles. The lowest BCUT2D eigenvalue weighted by atomic mass is 9.75. The predicted octanol–water partition coefficient (Wildman–Crippen LogP) is 4.76. The smallest absolute Gasteiger partial charge is 0.118 e. The van der Waals surface area contributed by atoms with Crippen LogP contribution in [0.15, 0.2) is 67.3 Å². The Morgan fingerprint density at radius 1 is 1.11 bits per heavy atom. The molecular formula is C23H30ClNO2. The maximum absolute atomic E-state index is 11.9.